The molecule has 0 atom stereocenters. The van der Waals surface area contributed by atoms with Crippen molar-refractivity contribution in [1.29, 1.82) is 5.41 Å². The van der Waals surface area contributed by atoms with Gasteiger partial charge < -0.3 is 9.47 Å². The van der Waals surface area contributed by atoms with Gasteiger partial charge in [0.05, 0.1) is 12.7 Å². The largest absolute Gasteiger partial charge is 0.493 e. The Kier molecular flexibility index (Phi) is 6.36. The molecule has 2 aliphatic rings. The second-order valence-electron chi connectivity index (χ2n) is 7.09. The Morgan fingerprint density at radius 1 is 1.19 bits per heavy atom. The number of nitrogens with one attached hydrogen (secondary N) is 1. The van der Waals surface area contributed by atoms with Crippen LogP contribution < -0.4 is 9.47 Å². The van der Waals surface area contributed by atoms with Crippen LogP contribution in [0.3, 0.4) is 0 Å². The summed E-state index contributed by atoms with van der Waals surface area (Å²) in [5.41, 5.74) is 1.63. The van der Waals surface area contributed by atoms with E-state index in [2.05, 4.69) is 10.1 Å². The van der Waals surface area contributed by atoms with E-state index < -0.39 is 5.91 Å². The van der Waals surface area contributed by atoms with Gasteiger partial charge in [-0.25, -0.2) is 4.39 Å². The van der Waals surface area contributed by atoms with Crippen LogP contribution in [0.15, 0.2) is 58.1 Å². The van der Waals surface area contributed by atoms with E-state index in [1.54, 1.807) is 36.4 Å². The number of carbonyl (C=O) groups excluding carboxylic acids is 1. The van der Waals surface area contributed by atoms with Crippen molar-refractivity contribution < 1.29 is 18.7 Å². The number of hydrazone groups is 1. The van der Waals surface area contributed by atoms with Crippen molar-refractivity contribution in [2.45, 2.75) is 26.4 Å². The van der Waals surface area contributed by atoms with Gasteiger partial charge in [0.15, 0.2) is 17.3 Å². The fraction of sp³-hybridized carbons (Fsp3) is 0.217. The molecule has 7 nitrogen and oxygen atoms in total. The van der Waals surface area contributed by atoms with E-state index in [-0.39, 0.29) is 23.8 Å². The summed E-state index contributed by atoms with van der Waals surface area (Å²) in [6, 6.07) is 11.3. The molecular formula is C23H21FN4O3S. The first-order valence-electron chi connectivity index (χ1n) is 10.0. The lowest BCUT2D eigenvalue weighted by Crippen LogP contribution is -2.35. The van der Waals surface area contributed by atoms with Gasteiger partial charge >= 0.3 is 0 Å². The zero-order chi connectivity index (χ0) is 22.7. The van der Waals surface area contributed by atoms with E-state index in [9.17, 15) is 9.18 Å². The number of nitrogens with zero attached hydrogens (tertiary/aromatic N) is 3. The molecule has 0 spiro atoms. The molecule has 0 radical (unpaired) electrons. The third-order valence-electron chi connectivity index (χ3n) is 4.77. The number of ether oxygens (including phenoxy) is 2. The zero-order valence-electron chi connectivity index (χ0n) is 17.6. The van der Waals surface area contributed by atoms with Crippen LogP contribution in [0, 0.1) is 11.2 Å². The maximum absolute atomic E-state index is 13.1. The number of rotatable bonds is 7. The number of benzene rings is 2. The molecular weight excluding hydrogens is 431 g/mol. The second kappa shape index (κ2) is 9.35. The lowest BCUT2D eigenvalue weighted by Gasteiger charge is -2.20. The minimum atomic E-state index is -0.475. The van der Waals surface area contributed by atoms with Gasteiger partial charge in [0, 0.05) is 0 Å². The number of aliphatic imine (C=N–C) groups is 1. The molecule has 2 heterocycles. The van der Waals surface area contributed by atoms with E-state index in [4.69, 9.17) is 14.9 Å². The third kappa shape index (κ3) is 4.57. The fourth-order valence-electron chi connectivity index (χ4n) is 3.15. The average molecular weight is 453 g/mol. The van der Waals surface area contributed by atoms with Crippen molar-refractivity contribution in [2.24, 2.45) is 10.1 Å². The van der Waals surface area contributed by atoms with Gasteiger partial charge in [0.25, 0.3) is 5.91 Å². The monoisotopic (exact) mass is 452 g/mol. The summed E-state index contributed by atoms with van der Waals surface area (Å²) in [7, 11) is 1.52. The van der Waals surface area contributed by atoms with E-state index in [1.807, 2.05) is 6.92 Å². The normalized spacial score (nSPS) is 16.7. The highest BCUT2D eigenvalue weighted by atomic mass is 32.2. The van der Waals surface area contributed by atoms with Crippen molar-refractivity contribution in [3.63, 3.8) is 0 Å². The minimum Gasteiger partial charge on any atom is -0.493 e. The minimum absolute atomic E-state index is 0.00536. The number of hydrogen-bond acceptors (Lipinski definition) is 6. The molecule has 0 bridgehead atoms. The molecule has 2 aromatic carbocycles. The number of thioether (sulfide) groups is 1. The Balaban J connectivity index is 1.54. The Labute approximate surface area is 189 Å². The van der Waals surface area contributed by atoms with Gasteiger partial charge in [-0.15, -0.1) is 0 Å². The molecule has 4 rings (SSSR count). The standard InChI is InChI=1S/C23H21FN4O3S/c1-3-4-20-27-28-21(25)17(22(29)26-23(28)32-20)11-15-7-10-18(19(12-15)30-2)31-13-14-5-8-16(24)9-6-14/h5-12,25H,3-4,13H2,1-2H3/b17-11+,25-21?. The van der Waals surface area contributed by atoms with Crippen molar-refractivity contribution in [1.82, 2.24) is 5.01 Å². The highest BCUT2D eigenvalue weighted by Crippen LogP contribution is 2.32. The number of fused-ring (bicyclic) bond motifs is 1. The zero-order valence-corrected chi connectivity index (χ0v) is 18.4. The van der Waals surface area contributed by atoms with Crippen LogP contribution in [-0.2, 0) is 11.4 Å². The summed E-state index contributed by atoms with van der Waals surface area (Å²) in [5.74, 6) is 0.198. The molecule has 2 aromatic rings. The average Bonchev–Trinajstić information content (AvgIpc) is 3.19. The van der Waals surface area contributed by atoms with E-state index in [0.29, 0.717) is 22.2 Å². The predicted molar refractivity (Wildman–Crippen MR) is 124 cm³/mol. The first kappa shape index (κ1) is 21.8. The molecule has 1 amide bonds. The number of methoxy groups -OCH3 is 1. The summed E-state index contributed by atoms with van der Waals surface area (Å²) in [6.45, 7) is 2.30. The maximum Gasteiger partial charge on any atom is 0.283 e. The molecule has 0 aromatic heterocycles. The second-order valence-corrected chi connectivity index (χ2v) is 8.13. The highest BCUT2D eigenvalue weighted by molar-refractivity contribution is 8.26. The van der Waals surface area contributed by atoms with E-state index in [0.717, 1.165) is 23.4 Å². The van der Waals surface area contributed by atoms with Crippen molar-refractivity contribution >= 4 is 39.8 Å². The molecule has 9 heteroatoms. The summed E-state index contributed by atoms with van der Waals surface area (Å²) < 4.78 is 24.3. The van der Waals surface area contributed by atoms with Crippen LogP contribution in [0.2, 0.25) is 0 Å². The third-order valence-corrected chi connectivity index (χ3v) is 5.73. The molecule has 32 heavy (non-hydrogen) atoms. The van der Waals surface area contributed by atoms with Gasteiger partial charge in [0.2, 0.25) is 5.17 Å². The molecule has 0 fully saturated rings. The number of carbonyl (C=O) groups is 1. The van der Waals surface area contributed by atoms with Crippen LogP contribution >= 0.6 is 11.8 Å². The van der Waals surface area contributed by atoms with Crippen molar-refractivity contribution in [2.75, 3.05) is 7.11 Å². The van der Waals surface area contributed by atoms with Crippen LogP contribution in [0.1, 0.15) is 30.9 Å². The Bertz CT molecular complexity index is 1160. The van der Waals surface area contributed by atoms with Crippen molar-refractivity contribution in [3.05, 3.63) is 65.0 Å². The summed E-state index contributed by atoms with van der Waals surface area (Å²) >= 11 is 1.33. The Morgan fingerprint density at radius 2 is 1.97 bits per heavy atom. The molecule has 0 saturated heterocycles. The van der Waals surface area contributed by atoms with Gasteiger partial charge in [0.1, 0.15) is 17.5 Å². The van der Waals surface area contributed by atoms with Crippen LogP contribution in [-0.4, -0.2) is 34.1 Å². The quantitative estimate of drug-likeness (QED) is 0.608. The predicted octanol–water partition coefficient (Wildman–Crippen LogP) is 4.83. The van der Waals surface area contributed by atoms with Gasteiger partial charge in [-0.2, -0.15) is 15.1 Å². The number of amides is 1. The van der Waals surface area contributed by atoms with E-state index >= 15 is 0 Å². The van der Waals surface area contributed by atoms with Crippen LogP contribution in [0.5, 0.6) is 11.5 Å². The van der Waals surface area contributed by atoms with Gasteiger partial charge in [-0.3, -0.25) is 10.2 Å². The first-order valence-corrected chi connectivity index (χ1v) is 10.8. The summed E-state index contributed by atoms with van der Waals surface area (Å²) in [4.78, 5) is 16.6. The highest BCUT2D eigenvalue weighted by Gasteiger charge is 2.35. The SMILES string of the molecule is CCCC1=NN2C(=N)/C(=C\c3ccc(OCc4ccc(F)cc4)c(OC)c3)C(=O)N=C2S1. The molecule has 0 unspecified atom stereocenters. The van der Waals surface area contributed by atoms with Crippen molar-refractivity contribution in [3.8, 4) is 11.5 Å². The molecule has 0 aliphatic carbocycles. The first-order chi connectivity index (χ1) is 15.5. The molecule has 2 aliphatic heterocycles. The topological polar surface area (TPSA) is 87.3 Å². The fourth-order valence-corrected chi connectivity index (χ4v) is 4.13. The lowest BCUT2D eigenvalue weighted by molar-refractivity contribution is -0.114. The number of hydrogen-bond donors (Lipinski definition) is 1. The molecule has 1 N–H and O–H groups in total. The van der Waals surface area contributed by atoms with Crippen LogP contribution in [0.25, 0.3) is 6.08 Å². The van der Waals surface area contributed by atoms with Crippen LogP contribution in [0.4, 0.5) is 4.39 Å². The molecule has 0 saturated carbocycles. The van der Waals surface area contributed by atoms with E-state index in [1.165, 1.54) is 36.0 Å². The summed E-state index contributed by atoms with van der Waals surface area (Å²) in [6.07, 6.45) is 3.29. The Morgan fingerprint density at radius 3 is 2.69 bits per heavy atom. The summed E-state index contributed by atoms with van der Waals surface area (Å²) in [5, 5.41) is 15.5. The maximum atomic E-state index is 13.1. The Hall–Kier alpha value is -3.46. The van der Waals surface area contributed by atoms with Gasteiger partial charge in [-0.1, -0.05) is 25.1 Å². The molecule has 164 valence electrons. The van der Waals surface area contributed by atoms with Gasteiger partial charge in [-0.05, 0) is 66.1 Å². The number of halogens is 1. The smallest absolute Gasteiger partial charge is 0.283 e. The lowest BCUT2D eigenvalue weighted by atomic mass is 10.1. The number of amidine groups is 2.